The van der Waals surface area contributed by atoms with Gasteiger partial charge in [-0.2, -0.15) is 4.31 Å². The third-order valence-electron chi connectivity index (χ3n) is 3.49. The second-order valence-electron chi connectivity index (χ2n) is 5.46. The van der Waals surface area contributed by atoms with Crippen LogP contribution in [0.5, 0.6) is 0 Å². The summed E-state index contributed by atoms with van der Waals surface area (Å²) >= 11 is 0. The fourth-order valence-corrected chi connectivity index (χ4v) is 3.76. The van der Waals surface area contributed by atoms with Gasteiger partial charge >= 0.3 is 0 Å². The van der Waals surface area contributed by atoms with Gasteiger partial charge < -0.3 is 5.73 Å². The van der Waals surface area contributed by atoms with Crippen LogP contribution in [-0.2, 0) is 10.0 Å². The molecule has 2 N–H and O–H groups in total. The molecule has 1 unspecified atom stereocenters. The van der Waals surface area contributed by atoms with E-state index in [0.29, 0.717) is 25.1 Å². The van der Waals surface area contributed by atoms with E-state index in [9.17, 15) is 13.2 Å². The van der Waals surface area contributed by atoms with Crippen LogP contribution in [0.25, 0.3) is 0 Å². The van der Waals surface area contributed by atoms with E-state index in [1.54, 1.807) is 12.1 Å². The van der Waals surface area contributed by atoms with Crippen LogP contribution in [0.1, 0.15) is 30.6 Å². The Morgan fingerprint density at radius 3 is 2.29 bits per heavy atom. The van der Waals surface area contributed by atoms with E-state index in [4.69, 9.17) is 5.73 Å². The summed E-state index contributed by atoms with van der Waals surface area (Å²) in [6.07, 6.45) is 0.684. The SMILES string of the molecule is CC(C)C(=O)c1ccc(S(=O)(=O)N2CCC(N)C2)cc1.Cl. The minimum Gasteiger partial charge on any atom is -0.326 e. The van der Waals surface area contributed by atoms with E-state index in [2.05, 4.69) is 0 Å². The fraction of sp³-hybridized carbons (Fsp3) is 0.500. The molecule has 5 nitrogen and oxygen atoms in total. The molecular formula is C14H21ClN2O3S. The molecule has 1 atom stereocenters. The van der Waals surface area contributed by atoms with Gasteiger partial charge in [-0.1, -0.05) is 26.0 Å². The third kappa shape index (κ3) is 3.83. The number of nitrogens with zero attached hydrogens (tertiary/aromatic N) is 1. The second kappa shape index (κ2) is 6.87. The van der Waals surface area contributed by atoms with Gasteiger partial charge in [0.25, 0.3) is 0 Å². The molecule has 7 heteroatoms. The van der Waals surface area contributed by atoms with Crippen LogP contribution in [0.4, 0.5) is 0 Å². The van der Waals surface area contributed by atoms with Crippen molar-refractivity contribution in [1.82, 2.24) is 4.31 Å². The van der Waals surface area contributed by atoms with Crippen molar-refractivity contribution in [2.45, 2.75) is 31.2 Å². The molecule has 0 saturated carbocycles. The number of Topliss-reactive ketones (excluding diaryl/α,β-unsaturated/α-hetero) is 1. The van der Waals surface area contributed by atoms with Gasteiger partial charge in [0.05, 0.1) is 4.90 Å². The molecule has 0 spiro atoms. The lowest BCUT2D eigenvalue weighted by Crippen LogP contribution is -2.32. The predicted octanol–water partition coefficient (Wildman–Crippen LogP) is 1.67. The molecular weight excluding hydrogens is 312 g/mol. The van der Waals surface area contributed by atoms with E-state index in [1.165, 1.54) is 16.4 Å². The maximum absolute atomic E-state index is 12.4. The summed E-state index contributed by atoms with van der Waals surface area (Å²) in [6.45, 7) is 4.45. The highest BCUT2D eigenvalue weighted by Gasteiger charge is 2.30. The molecule has 1 saturated heterocycles. The highest BCUT2D eigenvalue weighted by molar-refractivity contribution is 7.89. The Balaban J connectivity index is 0.00000220. The van der Waals surface area contributed by atoms with Crippen LogP contribution in [-0.4, -0.2) is 37.6 Å². The van der Waals surface area contributed by atoms with Crippen molar-refractivity contribution in [2.75, 3.05) is 13.1 Å². The normalized spacial score (nSPS) is 19.5. The van der Waals surface area contributed by atoms with E-state index < -0.39 is 10.0 Å². The fourth-order valence-electron chi connectivity index (χ4n) is 2.25. The molecule has 21 heavy (non-hydrogen) atoms. The Morgan fingerprint density at radius 2 is 1.86 bits per heavy atom. The van der Waals surface area contributed by atoms with Gasteiger partial charge in [0, 0.05) is 30.6 Å². The summed E-state index contributed by atoms with van der Waals surface area (Å²) < 4.78 is 26.2. The number of hydrogen-bond donors (Lipinski definition) is 1. The number of nitrogens with two attached hydrogens (primary N) is 1. The van der Waals surface area contributed by atoms with Crippen molar-refractivity contribution in [2.24, 2.45) is 11.7 Å². The van der Waals surface area contributed by atoms with Crippen molar-refractivity contribution in [3.8, 4) is 0 Å². The molecule has 1 heterocycles. The van der Waals surface area contributed by atoms with Crippen LogP contribution >= 0.6 is 12.4 Å². The summed E-state index contributed by atoms with van der Waals surface area (Å²) in [6, 6.07) is 6.05. The van der Waals surface area contributed by atoms with E-state index in [0.717, 1.165) is 0 Å². The highest BCUT2D eigenvalue weighted by Crippen LogP contribution is 2.21. The summed E-state index contributed by atoms with van der Waals surface area (Å²) in [4.78, 5) is 12.0. The molecule has 0 radical (unpaired) electrons. The lowest BCUT2D eigenvalue weighted by Gasteiger charge is -2.16. The number of rotatable bonds is 4. The predicted molar refractivity (Wildman–Crippen MR) is 84.2 cm³/mol. The minimum atomic E-state index is -3.49. The topological polar surface area (TPSA) is 80.5 Å². The summed E-state index contributed by atoms with van der Waals surface area (Å²) in [5, 5.41) is 0. The van der Waals surface area contributed by atoms with Crippen LogP contribution in [0.3, 0.4) is 0 Å². The van der Waals surface area contributed by atoms with Gasteiger partial charge in [0.1, 0.15) is 0 Å². The molecule has 1 aliphatic rings. The number of sulfonamides is 1. The van der Waals surface area contributed by atoms with Crippen LogP contribution in [0.15, 0.2) is 29.2 Å². The van der Waals surface area contributed by atoms with Gasteiger partial charge in [-0.3, -0.25) is 4.79 Å². The standard InChI is InChI=1S/C14H20N2O3S.ClH/c1-10(2)14(17)11-3-5-13(6-4-11)20(18,19)16-8-7-12(15)9-16;/h3-6,10,12H,7-9,15H2,1-2H3;1H. The number of hydrogen-bond acceptors (Lipinski definition) is 4. The zero-order chi connectivity index (χ0) is 14.9. The van der Waals surface area contributed by atoms with Crippen molar-refractivity contribution >= 4 is 28.2 Å². The van der Waals surface area contributed by atoms with Gasteiger partial charge in [-0.15, -0.1) is 12.4 Å². The van der Waals surface area contributed by atoms with Crippen molar-refractivity contribution < 1.29 is 13.2 Å². The Morgan fingerprint density at radius 1 is 1.29 bits per heavy atom. The molecule has 0 amide bonds. The molecule has 0 aromatic heterocycles. The van der Waals surface area contributed by atoms with E-state index >= 15 is 0 Å². The molecule has 1 fully saturated rings. The Kier molecular flexibility index (Phi) is 5.92. The maximum atomic E-state index is 12.4. The highest BCUT2D eigenvalue weighted by atomic mass is 35.5. The molecule has 0 aliphatic carbocycles. The van der Waals surface area contributed by atoms with Gasteiger partial charge in [-0.25, -0.2) is 8.42 Å². The average Bonchev–Trinajstić information content (AvgIpc) is 2.85. The number of halogens is 1. The Hall–Kier alpha value is -0.950. The van der Waals surface area contributed by atoms with Gasteiger partial charge in [0.2, 0.25) is 10.0 Å². The van der Waals surface area contributed by atoms with Crippen LogP contribution < -0.4 is 5.73 Å². The smallest absolute Gasteiger partial charge is 0.243 e. The average molecular weight is 333 g/mol. The van der Waals surface area contributed by atoms with Crippen LogP contribution in [0, 0.1) is 5.92 Å². The first-order valence-electron chi connectivity index (χ1n) is 6.72. The molecule has 1 aromatic rings. The molecule has 0 bridgehead atoms. The monoisotopic (exact) mass is 332 g/mol. The van der Waals surface area contributed by atoms with Gasteiger partial charge in [-0.05, 0) is 18.6 Å². The molecule has 2 rings (SSSR count). The zero-order valence-electron chi connectivity index (χ0n) is 12.2. The van der Waals surface area contributed by atoms with E-state index in [-0.39, 0.29) is 35.0 Å². The summed E-state index contributed by atoms with van der Waals surface area (Å²) in [7, 11) is -3.49. The van der Waals surface area contributed by atoms with Crippen molar-refractivity contribution in [3.63, 3.8) is 0 Å². The number of ketones is 1. The number of carbonyl (C=O) groups is 1. The van der Waals surface area contributed by atoms with E-state index in [1.807, 2.05) is 13.8 Å². The first-order chi connectivity index (χ1) is 9.32. The second-order valence-corrected chi connectivity index (χ2v) is 7.39. The maximum Gasteiger partial charge on any atom is 0.243 e. The lowest BCUT2D eigenvalue weighted by molar-refractivity contribution is 0.0939. The lowest BCUT2D eigenvalue weighted by atomic mass is 10.0. The number of benzene rings is 1. The minimum absolute atomic E-state index is 0. The summed E-state index contributed by atoms with van der Waals surface area (Å²) in [5.41, 5.74) is 6.29. The van der Waals surface area contributed by atoms with Crippen molar-refractivity contribution in [3.05, 3.63) is 29.8 Å². The molecule has 1 aliphatic heterocycles. The summed E-state index contributed by atoms with van der Waals surface area (Å²) in [5.74, 6) is -0.0915. The quantitative estimate of drug-likeness (QED) is 0.850. The van der Waals surface area contributed by atoms with Gasteiger partial charge in [0.15, 0.2) is 5.78 Å². The van der Waals surface area contributed by atoms with Crippen molar-refractivity contribution in [1.29, 1.82) is 0 Å². The largest absolute Gasteiger partial charge is 0.326 e. The Labute approximate surface area is 132 Å². The zero-order valence-corrected chi connectivity index (χ0v) is 13.8. The van der Waals surface area contributed by atoms with Crippen LogP contribution in [0.2, 0.25) is 0 Å². The molecule has 118 valence electrons. The molecule has 1 aromatic carbocycles. The third-order valence-corrected chi connectivity index (χ3v) is 5.37. The first kappa shape index (κ1) is 18.1. The first-order valence-corrected chi connectivity index (χ1v) is 8.16. The Bertz CT molecular complexity index is 599. The number of carbonyl (C=O) groups excluding carboxylic acids is 1.